The van der Waals surface area contributed by atoms with Crippen LogP contribution in [-0.2, 0) is 6.42 Å². The van der Waals surface area contributed by atoms with Gasteiger partial charge in [0, 0.05) is 10.5 Å². The summed E-state index contributed by atoms with van der Waals surface area (Å²) in [4.78, 5) is 19.0. The lowest BCUT2D eigenvalue weighted by Crippen LogP contribution is -2.22. The standard InChI is InChI=1S/C20H19N5OS/c1-3-12-4-8-14(9-5-12)25-19(13-6-10-15(27-2)11-7-13)22-18-16(20(25)26)17(21)23-24-18/h4-11H,3H2,1-2H3,(H3,21,23,24). The molecule has 0 atom stereocenters. The van der Waals surface area contributed by atoms with Gasteiger partial charge < -0.3 is 5.73 Å². The van der Waals surface area contributed by atoms with E-state index in [1.165, 1.54) is 5.56 Å². The fourth-order valence-electron chi connectivity index (χ4n) is 3.05. The van der Waals surface area contributed by atoms with Crippen molar-refractivity contribution >= 4 is 28.6 Å². The molecular weight excluding hydrogens is 358 g/mol. The van der Waals surface area contributed by atoms with Gasteiger partial charge in [-0.25, -0.2) is 4.98 Å². The number of anilines is 1. The molecule has 4 aromatic rings. The number of rotatable bonds is 4. The number of nitrogens with zero attached hydrogens (tertiary/aromatic N) is 3. The molecule has 2 aromatic heterocycles. The predicted octanol–water partition coefficient (Wildman–Crippen LogP) is 3.64. The SMILES string of the molecule is CCc1ccc(-n2c(-c3ccc(SC)cc3)nc3n[nH]c(N)c3c2=O)cc1. The number of nitrogens with two attached hydrogens (primary N) is 1. The van der Waals surface area contributed by atoms with Gasteiger partial charge in [0.05, 0.1) is 5.69 Å². The maximum atomic E-state index is 13.3. The molecule has 0 fully saturated rings. The third-order valence-corrected chi connectivity index (χ3v) is 5.31. The van der Waals surface area contributed by atoms with Crippen LogP contribution in [0.1, 0.15) is 12.5 Å². The summed E-state index contributed by atoms with van der Waals surface area (Å²) in [6.45, 7) is 2.10. The quantitative estimate of drug-likeness (QED) is 0.530. The van der Waals surface area contributed by atoms with Gasteiger partial charge in [-0.2, -0.15) is 5.10 Å². The van der Waals surface area contributed by atoms with Gasteiger partial charge in [-0.3, -0.25) is 14.5 Å². The van der Waals surface area contributed by atoms with E-state index in [4.69, 9.17) is 5.73 Å². The van der Waals surface area contributed by atoms with Crippen molar-refractivity contribution in [2.24, 2.45) is 0 Å². The molecular formula is C20H19N5OS. The van der Waals surface area contributed by atoms with Crippen molar-refractivity contribution in [3.63, 3.8) is 0 Å². The first-order valence-electron chi connectivity index (χ1n) is 8.62. The van der Waals surface area contributed by atoms with E-state index in [-0.39, 0.29) is 11.4 Å². The summed E-state index contributed by atoms with van der Waals surface area (Å²) in [6.07, 6.45) is 2.96. The van der Waals surface area contributed by atoms with Gasteiger partial charge in [-0.15, -0.1) is 11.8 Å². The van der Waals surface area contributed by atoms with Crippen LogP contribution in [0.2, 0.25) is 0 Å². The van der Waals surface area contributed by atoms with E-state index in [2.05, 4.69) is 22.1 Å². The molecule has 136 valence electrons. The molecule has 6 nitrogen and oxygen atoms in total. The summed E-state index contributed by atoms with van der Waals surface area (Å²) in [5, 5.41) is 7.05. The van der Waals surface area contributed by atoms with Crippen LogP contribution in [0, 0.1) is 0 Å². The highest BCUT2D eigenvalue weighted by Crippen LogP contribution is 2.25. The van der Waals surface area contributed by atoms with Crippen molar-refractivity contribution in [1.82, 2.24) is 19.7 Å². The van der Waals surface area contributed by atoms with Gasteiger partial charge in [0.25, 0.3) is 5.56 Å². The minimum atomic E-state index is -0.237. The van der Waals surface area contributed by atoms with Crippen LogP contribution in [0.25, 0.3) is 28.1 Å². The topological polar surface area (TPSA) is 89.6 Å². The fraction of sp³-hybridized carbons (Fsp3) is 0.150. The summed E-state index contributed by atoms with van der Waals surface area (Å²) >= 11 is 1.66. The number of H-pyrrole nitrogens is 1. The first-order chi connectivity index (χ1) is 13.1. The van der Waals surface area contributed by atoms with Crippen molar-refractivity contribution in [1.29, 1.82) is 0 Å². The molecule has 0 aliphatic carbocycles. The van der Waals surface area contributed by atoms with Crippen LogP contribution >= 0.6 is 11.8 Å². The summed E-state index contributed by atoms with van der Waals surface area (Å²) in [6, 6.07) is 15.9. The molecule has 0 saturated carbocycles. The molecule has 3 N–H and O–H groups in total. The third kappa shape index (κ3) is 3.00. The second-order valence-corrected chi connectivity index (χ2v) is 7.04. The van der Waals surface area contributed by atoms with E-state index in [9.17, 15) is 4.79 Å². The highest BCUT2D eigenvalue weighted by Gasteiger charge is 2.18. The Labute approximate surface area is 160 Å². The molecule has 2 aromatic carbocycles. The number of aromatic nitrogens is 4. The number of aromatic amines is 1. The first kappa shape index (κ1) is 17.4. The van der Waals surface area contributed by atoms with Gasteiger partial charge in [-0.05, 0) is 42.5 Å². The Morgan fingerprint density at radius 1 is 1.11 bits per heavy atom. The van der Waals surface area contributed by atoms with Crippen LogP contribution in [-0.4, -0.2) is 26.0 Å². The van der Waals surface area contributed by atoms with E-state index in [1.54, 1.807) is 16.3 Å². The zero-order chi connectivity index (χ0) is 19.0. The molecule has 0 amide bonds. The lowest BCUT2D eigenvalue weighted by molar-refractivity contribution is 0.967. The third-order valence-electron chi connectivity index (χ3n) is 4.57. The van der Waals surface area contributed by atoms with Crippen molar-refractivity contribution in [3.8, 4) is 17.1 Å². The maximum absolute atomic E-state index is 13.3. The molecule has 2 heterocycles. The Morgan fingerprint density at radius 3 is 2.44 bits per heavy atom. The van der Waals surface area contributed by atoms with Crippen LogP contribution < -0.4 is 11.3 Å². The summed E-state index contributed by atoms with van der Waals surface area (Å²) < 4.78 is 1.60. The Morgan fingerprint density at radius 2 is 1.81 bits per heavy atom. The second kappa shape index (κ2) is 6.92. The normalized spacial score (nSPS) is 11.2. The number of fused-ring (bicyclic) bond motifs is 1. The Bertz CT molecular complexity index is 1160. The number of nitrogens with one attached hydrogen (secondary N) is 1. The number of thioether (sulfide) groups is 1. The predicted molar refractivity (Wildman–Crippen MR) is 110 cm³/mol. The van der Waals surface area contributed by atoms with Crippen molar-refractivity contribution in [2.75, 3.05) is 12.0 Å². The van der Waals surface area contributed by atoms with Crippen LogP contribution in [0.4, 0.5) is 5.82 Å². The first-order valence-corrected chi connectivity index (χ1v) is 9.85. The van der Waals surface area contributed by atoms with Gasteiger partial charge >= 0.3 is 0 Å². The van der Waals surface area contributed by atoms with Crippen molar-refractivity contribution in [2.45, 2.75) is 18.2 Å². The molecule has 0 radical (unpaired) electrons. The smallest absolute Gasteiger partial charge is 0.271 e. The molecule has 0 aliphatic rings. The van der Waals surface area contributed by atoms with Crippen LogP contribution in [0.3, 0.4) is 0 Å². The second-order valence-electron chi connectivity index (χ2n) is 6.16. The van der Waals surface area contributed by atoms with E-state index >= 15 is 0 Å². The van der Waals surface area contributed by atoms with Crippen molar-refractivity contribution in [3.05, 3.63) is 64.4 Å². The molecule has 7 heteroatoms. The minimum absolute atomic E-state index is 0.228. The van der Waals surface area contributed by atoms with Gasteiger partial charge in [0.15, 0.2) is 5.65 Å². The molecule has 0 bridgehead atoms. The number of nitrogen functional groups attached to an aromatic ring is 1. The van der Waals surface area contributed by atoms with Gasteiger partial charge in [-0.1, -0.05) is 31.2 Å². The van der Waals surface area contributed by atoms with Crippen LogP contribution in [0.15, 0.2) is 58.2 Å². The maximum Gasteiger partial charge on any atom is 0.271 e. The molecule has 0 spiro atoms. The molecule has 0 unspecified atom stereocenters. The highest BCUT2D eigenvalue weighted by atomic mass is 32.2. The lowest BCUT2D eigenvalue weighted by Gasteiger charge is -2.13. The number of benzene rings is 2. The van der Waals surface area contributed by atoms with E-state index in [1.807, 2.05) is 54.8 Å². The summed E-state index contributed by atoms with van der Waals surface area (Å²) in [5.74, 6) is 0.765. The molecule has 27 heavy (non-hydrogen) atoms. The fourth-order valence-corrected chi connectivity index (χ4v) is 3.46. The highest BCUT2D eigenvalue weighted by molar-refractivity contribution is 7.98. The number of hydrogen-bond acceptors (Lipinski definition) is 5. The zero-order valence-corrected chi connectivity index (χ0v) is 15.9. The lowest BCUT2D eigenvalue weighted by atomic mass is 10.1. The Hall–Kier alpha value is -3.06. The summed E-state index contributed by atoms with van der Waals surface area (Å²) in [7, 11) is 0. The van der Waals surface area contributed by atoms with Crippen molar-refractivity contribution < 1.29 is 0 Å². The Kier molecular flexibility index (Phi) is 4.45. The average Bonchev–Trinajstić information content (AvgIpc) is 3.09. The largest absolute Gasteiger partial charge is 0.383 e. The van der Waals surface area contributed by atoms with E-state index < -0.39 is 0 Å². The zero-order valence-electron chi connectivity index (χ0n) is 15.1. The summed E-state index contributed by atoms with van der Waals surface area (Å²) in [5.41, 5.74) is 8.80. The van der Waals surface area contributed by atoms with Gasteiger partial charge in [0.1, 0.15) is 17.0 Å². The monoisotopic (exact) mass is 377 g/mol. The number of hydrogen-bond donors (Lipinski definition) is 2. The van der Waals surface area contributed by atoms with E-state index in [0.717, 1.165) is 22.6 Å². The average molecular weight is 377 g/mol. The van der Waals surface area contributed by atoms with Gasteiger partial charge in [0.2, 0.25) is 0 Å². The Balaban J connectivity index is 2.01. The molecule has 0 aliphatic heterocycles. The molecule has 0 saturated heterocycles. The minimum Gasteiger partial charge on any atom is -0.383 e. The number of aryl methyl sites for hydroxylation is 1. The van der Waals surface area contributed by atoms with E-state index in [0.29, 0.717) is 16.9 Å². The van der Waals surface area contributed by atoms with Crippen LogP contribution in [0.5, 0.6) is 0 Å². The molecule has 4 rings (SSSR count).